The Balaban J connectivity index is 1.37. The van der Waals surface area contributed by atoms with Crippen molar-refractivity contribution in [1.29, 1.82) is 0 Å². The molecule has 1 aliphatic carbocycles. The predicted octanol–water partition coefficient (Wildman–Crippen LogP) is 3.25. The average Bonchev–Trinajstić information content (AvgIpc) is 3.36. The minimum Gasteiger partial charge on any atom is -0.348 e. The molecule has 1 aromatic carbocycles. The number of hydrogen-bond acceptors (Lipinski definition) is 5. The molecule has 2 aromatic rings. The highest BCUT2D eigenvalue weighted by Gasteiger charge is 2.39. The van der Waals surface area contributed by atoms with Gasteiger partial charge >= 0.3 is 0 Å². The average molecular weight is 380 g/mol. The fourth-order valence-electron chi connectivity index (χ4n) is 3.55. The molecule has 0 spiro atoms. The van der Waals surface area contributed by atoms with E-state index >= 15 is 0 Å². The Morgan fingerprint density at radius 2 is 1.96 bits per heavy atom. The number of nitrogens with zero attached hydrogens (tertiary/aromatic N) is 3. The molecule has 2 heterocycles. The molecule has 1 aromatic heterocycles. The van der Waals surface area contributed by atoms with Crippen LogP contribution in [0.3, 0.4) is 0 Å². The SMILES string of the molecule is Cc1ccc2nc(N3CCC(CN(C)S(=O)(=O)C4CC4)CC3)sc2c1. The van der Waals surface area contributed by atoms with E-state index in [0.29, 0.717) is 12.5 Å². The summed E-state index contributed by atoms with van der Waals surface area (Å²) in [4.78, 5) is 7.13. The van der Waals surface area contributed by atoms with E-state index in [1.54, 1.807) is 22.7 Å². The van der Waals surface area contributed by atoms with Crippen LogP contribution in [0.15, 0.2) is 18.2 Å². The van der Waals surface area contributed by atoms with Gasteiger partial charge in [-0.25, -0.2) is 17.7 Å². The van der Waals surface area contributed by atoms with Crippen LogP contribution in [0.5, 0.6) is 0 Å². The number of anilines is 1. The minimum atomic E-state index is -3.04. The van der Waals surface area contributed by atoms with Crippen molar-refractivity contribution in [3.8, 4) is 0 Å². The van der Waals surface area contributed by atoms with Crippen LogP contribution in [0.2, 0.25) is 0 Å². The van der Waals surface area contributed by atoms with E-state index in [9.17, 15) is 8.42 Å². The molecule has 2 fully saturated rings. The van der Waals surface area contributed by atoms with E-state index in [1.807, 2.05) is 0 Å². The van der Waals surface area contributed by atoms with E-state index in [4.69, 9.17) is 4.98 Å². The zero-order valence-electron chi connectivity index (χ0n) is 14.8. The van der Waals surface area contributed by atoms with Crippen molar-refractivity contribution in [3.63, 3.8) is 0 Å². The van der Waals surface area contributed by atoms with Gasteiger partial charge in [0.15, 0.2) is 5.13 Å². The molecule has 1 saturated heterocycles. The molecule has 5 nitrogen and oxygen atoms in total. The number of fused-ring (bicyclic) bond motifs is 1. The van der Waals surface area contributed by atoms with E-state index in [2.05, 4.69) is 30.0 Å². The second-order valence-electron chi connectivity index (χ2n) is 7.42. The van der Waals surface area contributed by atoms with Crippen molar-refractivity contribution in [2.24, 2.45) is 5.92 Å². The summed E-state index contributed by atoms with van der Waals surface area (Å²) in [6, 6.07) is 6.39. The van der Waals surface area contributed by atoms with Crippen LogP contribution < -0.4 is 4.90 Å². The number of aryl methyl sites for hydroxylation is 1. The maximum atomic E-state index is 12.3. The number of thiazole rings is 1. The monoisotopic (exact) mass is 379 g/mol. The first-order valence-electron chi connectivity index (χ1n) is 9.01. The van der Waals surface area contributed by atoms with Gasteiger partial charge in [-0.05, 0) is 56.2 Å². The third-order valence-electron chi connectivity index (χ3n) is 5.31. The van der Waals surface area contributed by atoms with Crippen molar-refractivity contribution in [2.45, 2.75) is 37.9 Å². The van der Waals surface area contributed by atoms with Gasteiger partial charge in [0.25, 0.3) is 0 Å². The van der Waals surface area contributed by atoms with Crippen LogP contribution >= 0.6 is 11.3 Å². The molecule has 0 N–H and O–H groups in total. The zero-order chi connectivity index (χ0) is 17.6. The normalized spacial score (nSPS) is 19.9. The topological polar surface area (TPSA) is 53.5 Å². The molecule has 136 valence electrons. The molecule has 1 saturated carbocycles. The van der Waals surface area contributed by atoms with Gasteiger partial charge in [0.1, 0.15) is 0 Å². The molecule has 0 unspecified atom stereocenters. The van der Waals surface area contributed by atoms with Crippen molar-refractivity contribution in [1.82, 2.24) is 9.29 Å². The highest BCUT2D eigenvalue weighted by Crippen LogP contribution is 2.34. The first-order valence-corrected chi connectivity index (χ1v) is 11.3. The molecule has 7 heteroatoms. The first kappa shape index (κ1) is 17.2. The lowest BCUT2D eigenvalue weighted by molar-refractivity contribution is 0.327. The van der Waals surface area contributed by atoms with Crippen molar-refractivity contribution >= 4 is 36.7 Å². The summed E-state index contributed by atoms with van der Waals surface area (Å²) in [6.45, 7) is 4.68. The van der Waals surface area contributed by atoms with Gasteiger partial charge in [0.05, 0.1) is 15.5 Å². The number of benzene rings is 1. The smallest absolute Gasteiger partial charge is 0.216 e. The number of sulfonamides is 1. The summed E-state index contributed by atoms with van der Waals surface area (Å²) in [5.74, 6) is 0.450. The molecule has 0 radical (unpaired) electrons. The van der Waals surface area contributed by atoms with E-state index in [-0.39, 0.29) is 5.25 Å². The first-order chi connectivity index (χ1) is 11.9. The molecule has 1 aliphatic heterocycles. The van der Waals surface area contributed by atoms with E-state index < -0.39 is 10.0 Å². The Kier molecular flexibility index (Phi) is 4.50. The molecule has 0 atom stereocenters. The van der Waals surface area contributed by atoms with Crippen LogP contribution in [0, 0.1) is 12.8 Å². The van der Waals surface area contributed by atoms with Crippen molar-refractivity contribution < 1.29 is 8.42 Å². The summed E-state index contributed by atoms with van der Waals surface area (Å²) in [7, 11) is -1.30. The molecule has 4 rings (SSSR count). The fraction of sp³-hybridized carbons (Fsp3) is 0.611. The van der Waals surface area contributed by atoms with E-state index in [1.165, 1.54) is 10.3 Å². The van der Waals surface area contributed by atoms with Crippen LogP contribution in [0.1, 0.15) is 31.2 Å². The summed E-state index contributed by atoms with van der Waals surface area (Å²) < 4.78 is 27.4. The van der Waals surface area contributed by atoms with E-state index in [0.717, 1.165) is 49.4 Å². The maximum absolute atomic E-state index is 12.3. The van der Waals surface area contributed by atoms with Crippen molar-refractivity contribution in [2.75, 3.05) is 31.6 Å². The third kappa shape index (κ3) is 3.55. The Bertz CT molecular complexity index is 866. The number of aromatic nitrogens is 1. The number of rotatable bonds is 5. The molecular formula is C18H25N3O2S2. The predicted molar refractivity (Wildman–Crippen MR) is 104 cm³/mol. The van der Waals surface area contributed by atoms with Crippen LogP contribution in [0.4, 0.5) is 5.13 Å². The number of piperidine rings is 1. The van der Waals surface area contributed by atoms with Gasteiger partial charge in [0.2, 0.25) is 10.0 Å². The molecule has 0 amide bonds. The standard InChI is InChI=1S/C18H25N3O2S2/c1-13-3-6-16-17(11-13)24-18(19-16)21-9-7-14(8-10-21)12-20(2)25(22,23)15-4-5-15/h3,6,11,14-15H,4-5,7-10,12H2,1-2H3. The second kappa shape index (κ2) is 6.52. The lowest BCUT2D eigenvalue weighted by atomic mass is 9.97. The third-order valence-corrected chi connectivity index (χ3v) is 8.72. The highest BCUT2D eigenvalue weighted by molar-refractivity contribution is 7.90. The summed E-state index contributed by atoms with van der Waals surface area (Å²) in [6.07, 6.45) is 3.73. The quantitative estimate of drug-likeness (QED) is 0.800. The largest absolute Gasteiger partial charge is 0.348 e. The Labute approximate surface area is 153 Å². The van der Waals surface area contributed by atoms with Gasteiger partial charge in [0, 0.05) is 26.7 Å². The van der Waals surface area contributed by atoms with Crippen LogP contribution in [-0.2, 0) is 10.0 Å². The highest BCUT2D eigenvalue weighted by atomic mass is 32.2. The summed E-state index contributed by atoms with van der Waals surface area (Å²) in [5, 5.41) is 0.988. The number of hydrogen-bond donors (Lipinski definition) is 0. The van der Waals surface area contributed by atoms with Gasteiger partial charge in [-0.1, -0.05) is 17.4 Å². The molecule has 0 bridgehead atoms. The van der Waals surface area contributed by atoms with Gasteiger partial charge in [-0.2, -0.15) is 0 Å². The molecular weight excluding hydrogens is 354 g/mol. The summed E-state index contributed by atoms with van der Waals surface area (Å²) >= 11 is 1.76. The lowest BCUT2D eigenvalue weighted by Gasteiger charge is -2.33. The van der Waals surface area contributed by atoms with Crippen molar-refractivity contribution in [3.05, 3.63) is 23.8 Å². The molecule has 25 heavy (non-hydrogen) atoms. The Morgan fingerprint density at radius 3 is 2.64 bits per heavy atom. The van der Waals surface area contributed by atoms with Crippen LogP contribution in [0.25, 0.3) is 10.2 Å². The Morgan fingerprint density at radius 1 is 1.24 bits per heavy atom. The van der Waals surface area contributed by atoms with Gasteiger partial charge < -0.3 is 4.90 Å². The van der Waals surface area contributed by atoms with Gasteiger partial charge in [-0.15, -0.1) is 0 Å². The lowest BCUT2D eigenvalue weighted by Crippen LogP contribution is -2.40. The molecule has 2 aliphatic rings. The minimum absolute atomic E-state index is 0.108. The van der Waals surface area contributed by atoms with Gasteiger partial charge in [-0.3, -0.25) is 0 Å². The Hall–Kier alpha value is -1.18. The summed E-state index contributed by atoms with van der Waals surface area (Å²) in [5.41, 5.74) is 2.34. The fourth-order valence-corrected chi connectivity index (χ4v) is 6.32. The van der Waals surface area contributed by atoms with Crippen LogP contribution in [-0.4, -0.2) is 49.6 Å². The maximum Gasteiger partial charge on any atom is 0.216 e. The zero-order valence-corrected chi connectivity index (χ0v) is 16.4. The second-order valence-corrected chi connectivity index (χ2v) is 10.8.